The van der Waals surface area contributed by atoms with Crippen LogP contribution in [-0.4, -0.2) is 14.1 Å². The molecule has 62 heavy (non-hydrogen) atoms. The molecule has 6 nitrogen and oxygen atoms in total. The second-order valence-electron chi connectivity index (χ2n) is 16.8. The minimum Gasteiger partial charge on any atom is -0.509 e. The van der Waals surface area contributed by atoms with E-state index in [1.54, 1.807) is 12.1 Å². The number of anilines is 2. The fourth-order valence-electron chi connectivity index (χ4n) is 9.24. The van der Waals surface area contributed by atoms with Crippen molar-refractivity contribution in [1.82, 2.24) is 14.1 Å². The summed E-state index contributed by atoms with van der Waals surface area (Å²) in [7, 11) is 0. The second kappa shape index (κ2) is 14.4. The van der Waals surface area contributed by atoms with Gasteiger partial charge in [0.05, 0.1) is 16.7 Å². The summed E-state index contributed by atoms with van der Waals surface area (Å²) in [6.45, 7) is 6.45. The zero-order valence-corrected chi connectivity index (χ0v) is 36.4. The van der Waals surface area contributed by atoms with Crippen molar-refractivity contribution in [2.45, 2.75) is 33.0 Å². The first-order valence-corrected chi connectivity index (χ1v) is 20.5. The average Bonchev–Trinajstić information content (AvgIpc) is 4.00. The first-order chi connectivity index (χ1) is 31.0. The minimum atomic E-state index is -2.15. The summed E-state index contributed by atoms with van der Waals surface area (Å²) < 4.78 is 34.5. The summed E-state index contributed by atoms with van der Waals surface area (Å²) in [5.74, 6) is 1.89. The number of aryl methyl sites for hydroxylation is 1. The van der Waals surface area contributed by atoms with Crippen LogP contribution < -0.4 is 14.5 Å². The van der Waals surface area contributed by atoms with Crippen LogP contribution in [0.2, 0.25) is 0 Å². The van der Waals surface area contributed by atoms with Crippen molar-refractivity contribution < 1.29 is 29.9 Å². The molecule has 0 bridgehead atoms. The maximum Gasteiger partial charge on any atom is 0.135 e. The van der Waals surface area contributed by atoms with E-state index in [1.165, 1.54) is 44.1 Å². The molecule has 3 aromatic heterocycles. The minimum absolute atomic E-state index is 0. The van der Waals surface area contributed by atoms with Gasteiger partial charge in [-0.25, -0.2) is 4.98 Å². The van der Waals surface area contributed by atoms with Gasteiger partial charge in [0.2, 0.25) is 0 Å². The molecule has 0 saturated carbocycles. The smallest absolute Gasteiger partial charge is 0.135 e. The molecule has 304 valence electrons. The van der Waals surface area contributed by atoms with Crippen molar-refractivity contribution in [3.8, 4) is 45.3 Å². The zero-order valence-electron chi connectivity index (χ0n) is 37.1. The molecule has 0 spiro atoms. The maximum absolute atomic E-state index is 7.73. The molecule has 7 aromatic carbocycles. The first kappa shape index (κ1) is 34.8. The third kappa shape index (κ3) is 5.92. The largest absolute Gasteiger partial charge is 0.509 e. The quantitative estimate of drug-likeness (QED) is 0.161. The van der Waals surface area contributed by atoms with Gasteiger partial charge in [0.25, 0.3) is 0 Å². The Bertz CT molecular complexity index is 3560. The SMILES string of the molecule is [2H]C([2H])([2H])c1ccc(N2C=CN(c3[c-]c(Oc4[c-]c5c(cc4)c4c6c(ccc4n5-c4cc(C(C)(C)C)ccn4)-n4c5ccccc5c5cccc(c54)-c4ccccc4-6)ccc3)[CH-]2)cc1.[Pt]. The zero-order chi connectivity index (χ0) is 43.5. The van der Waals surface area contributed by atoms with Crippen LogP contribution in [0.25, 0.3) is 77.4 Å². The van der Waals surface area contributed by atoms with Crippen molar-refractivity contribution in [3.05, 3.63) is 194 Å². The number of ether oxygens (including phenoxy) is 1. The Kier molecular flexibility index (Phi) is 8.06. The van der Waals surface area contributed by atoms with E-state index >= 15 is 0 Å². The van der Waals surface area contributed by atoms with Crippen molar-refractivity contribution >= 4 is 55.0 Å². The van der Waals surface area contributed by atoms with Gasteiger partial charge in [0.1, 0.15) is 5.82 Å². The Morgan fingerprint density at radius 2 is 1.40 bits per heavy atom. The van der Waals surface area contributed by atoms with E-state index in [9.17, 15) is 0 Å². The number of nitrogens with zero attached hydrogens (tertiary/aromatic N) is 5. The fourth-order valence-corrected chi connectivity index (χ4v) is 9.24. The number of hydrogen-bond acceptors (Lipinski definition) is 4. The molecule has 0 atom stereocenters. The van der Waals surface area contributed by atoms with E-state index in [2.05, 4.69) is 139 Å². The van der Waals surface area contributed by atoms with Gasteiger partial charge in [0.15, 0.2) is 0 Å². The Morgan fingerprint density at radius 1 is 0.645 bits per heavy atom. The van der Waals surface area contributed by atoms with Crippen molar-refractivity contribution in [2.24, 2.45) is 0 Å². The van der Waals surface area contributed by atoms with Gasteiger partial charge in [-0.1, -0.05) is 105 Å². The van der Waals surface area contributed by atoms with Gasteiger partial charge in [-0.3, -0.25) is 0 Å². The number of rotatable bonds is 5. The van der Waals surface area contributed by atoms with Gasteiger partial charge in [-0.2, -0.15) is 12.1 Å². The molecule has 0 aliphatic carbocycles. The molecular weight excluding hydrogens is 942 g/mol. The number of para-hydroxylation sites is 2. The molecule has 0 unspecified atom stereocenters. The van der Waals surface area contributed by atoms with Gasteiger partial charge in [0, 0.05) is 76.0 Å². The summed E-state index contributed by atoms with van der Waals surface area (Å²) in [5.41, 5.74) is 13.1. The van der Waals surface area contributed by atoms with Crippen LogP contribution in [0, 0.1) is 25.7 Å². The summed E-state index contributed by atoms with van der Waals surface area (Å²) >= 11 is 0. The van der Waals surface area contributed by atoms with Gasteiger partial charge in [-0.05, 0) is 89.2 Å². The average molecular weight is 985 g/mol. The first-order valence-electron chi connectivity index (χ1n) is 22.0. The van der Waals surface area contributed by atoms with E-state index in [0.717, 1.165) is 50.2 Å². The summed E-state index contributed by atoms with van der Waals surface area (Å²) in [5, 5.41) is 4.62. The molecule has 10 aromatic rings. The van der Waals surface area contributed by atoms with Crippen LogP contribution in [0.1, 0.15) is 36.0 Å². The Balaban J connectivity index is 0.00000469. The number of hydrogen-bond donors (Lipinski definition) is 0. The third-order valence-corrected chi connectivity index (χ3v) is 12.1. The number of fused-ring (bicyclic) bond motifs is 12. The van der Waals surface area contributed by atoms with Gasteiger partial charge >= 0.3 is 0 Å². The van der Waals surface area contributed by atoms with E-state index in [-0.39, 0.29) is 26.5 Å². The van der Waals surface area contributed by atoms with Crippen LogP contribution in [0.3, 0.4) is 0 Å². The number of aromatic nitrogens is 3. The van der Waals surface area contributed by atoms with Crippen molar-refractivity contribution in [1.29, 1.82) is 0 Å². The molecule has 0 saturated heterocycles. The summed E-state index contributed by atoms with van der Waals surface area (Å²) in [6, 6.07) is 57.1. The van der Waals surface area contributed by atoms with Crippen LogP contribution in [0.15, 0.2) is 164 Å². The van der Waals surface area contributed by atoms with E-state index in [1.807, 2.05) is 71.5 Å². The van der Waals surface area contributed by atoms with Crippen molar-refractivity contribution in [3.63, 3.8) is 0 Å². The van der Waals surface area contributed by atoms with Crippen LogP contribution >= 0.6 is 0 Å². The normalized spacial score (nSPS) is 14.1. The maximum atomic E-state index is 7.73. The predicted molar refractivity (Wildman–Crippen MR) is 250 cm³/mol. The van der Waals surface area contributed by atoms with Gasteiger partial charge in [-0.15, -0.1) is 48.1 Å². The molecular formula is C55H40N5OPt-3. The molecule has 0 N–H and O–H groups in total. The summed E-state index contributed by atoms with van der Waals surface area (Å²) in [6.07, 6.45) is 5.77. The third-order valence-electron chi connectivity index (χ3n) is 12.1. The fraction of sp³-hybridized carbons (Fsp3) is 0.0909. The Labute approximate surface area is 379 Å². The molecule has 2 aliphatic rings. The van der Waals surface area contributed by atoms with Crippen molar-refractivity contribution in [2.75, 3.05) is 9.80 Å². The molecule has 2 aliphatic heterocycles. The number of benzene rings is 7. The Hall–Kier alpha value is -6.88. The Morgan fingerprint density at radius 3 is 2.26 bits per heavy atom. The second-order valence-corrected chi connectivity index (χ2v) is 16.8. The molecule has 7 heteroatoms. The van der Waals surface area contributed by atoms with Gasteiger partial charge < -0.3 is 23.7 Å². The molecule has 0 amide bonds. The number of pyridine rings is 1. The molecule has 0 radical (unpaired) electrons. The van der Waals surface area contributed by atoms with Crippen LogP contribution in [-0.2, 0) is 26.5 Å². The monoisotopic (exact) mass is 984 g/mol. The van der Waals surface area contributed by atoms with Crippen LogP contribution in [0.4, 0.5) is 11.4 Å². The van der Waals surface area contributed by atoms with E-state index < -0.39 is 6.85 Å². The summed E-state index contributed by atoms with van der Waals surface area (Å²) in [4.78, 5) is 8.91. The molecule has 5 heterocycles. The topological polar surface area (TPSA) is 38.5 Å². The molecule has 12 rings (SSSR count). The van der Waals surface area contributed by atoms with Crippen LogP contribution in [0.5, 0.6) is 11.5 Å². The molecule has 0 fully saturated rings. The van der Waals surface area contributed by atoms with E-state index in [0.29, 0.717) is 17.1 Å². The van der Waals surface area contributed by atoms with E-state index in [4.69, 9.17) is 13.8 Å². The standard InChI is InChI=1S/C55H40N5O.Pt/c1-35-19-21-37(22-20-35)57-29-30-58(34-57)38-11-9-12-39(32-38)61-40-23-24-46-50(33-40)59(51-31-36(27-28-56-51)55(2,3)4)48-25-26-49-52(53(46)48)43-15-6-5-13-41(43)44-16-10-17-45-42-14-7-8-18-47(42)60(49)54(44)45;/h5-31,34H,1-4H3;/q-3;/i1D3;. The predicted octanol–water partition coefficient (Wildman–Crippen LogP) is 13.8.